The largest absolute Gasteiger partial charge is 0.444 e. The van der Waals surface area contributed by atoms with E-state index in [1.54, 1.807) is 20.8 Å². The molecule has 0 spiro atoms. The Labute approximate surface area is 150 Å². The van der Waals surface area contributed by atoms with E-state index in [9.17, 15) is 24.5 Å². The lowest BCUT2D eigenvalue weighted by atomic mass is 10.1. The second kappa shape index (κ2) is 7.51. The summed E-state index contributed by atoms with van der Waals surface area (Å²) in [6.07, 6.45) is -0.453. The van der Waals surface area contributed by atoms with Gasteiger partial charge in [-0.15, -0.1) is 0 Å². The Bertz CT molecular complexity index is 715. The lowest BCUT2D eigenvalue weighted by Gasteiger charge is -2.35. The van der Waals surface area contributed by atoms with Gasteiger partial charge in [-0.1, -0.05) is 0 Å². The lowest BCUT2D eigenvalue weighted by molar-refractivity contribution is -0.384. The van der Waals surface area contributed by atoms with Crippen LogP contribution in [0.2, 0.25) is 0 Å². The van der Waals surface area contributed by atoms with Crippen molar-refractivity contribution in [2.24, 2.45) is 0 Å². The summed E-state index contributed by atoms with van der Waals surface area (Å²) in [4.78, 5) is 49.5. The van der Waals surface area contributed by atoms with Crippen molar-refractivity contribution in [2.75, 3.05) is 26.2 Å². The Morgan fingerprint density at radius 2 is 1.50 bits per heavy atom. The Morgan fingerprint density at radius 1 is 1.00 bits per heavy atom. The van der Waals surface area contributed by atoms with Crippen LogP contribution in [-0.4, -0.2) is 64.3 Å². The Kier molecular flexibility index (Phi) is 5.59. The number of nitro groups is 1. The molecule has 0 atom stereocenters. The molecule has 9 nitrogen and oxygen atoms in total. The summed E-state index contributed by atoms with van der Waals surface area (Å²) in [5.41, 5.74) is -0.661. The second-order valence-corrected chi connectivity index (χ2v) is 6.89. The maximum atomic E-state index is 12.3. The summed E-state index contributed by atoms with van der Waals surface area (Å²) >= 11 is 0. The molecule has 140 valence electrons. The SMILES string of the molecule is CC(C)(C)OC(=O)N1CCN(C(=O)C(=O)c2ccc([N+](=O)[O-])cc2)CC1. The molecule has 1 heterocycles. The Morgan fingerprint density at radius 3 is 1.96 bits per heavy atom. The molecule has 0 saturated carbocycles. The fourth-order valence-electron chi connectivity index (χ4n) is 2.42. The van der Waals surface area contributed by atoms with Gasteiger partial charge < -0.3 is 14.5 Å². The summed E-state index contributed by atoms with van der Waals surface area (Å²) in [5, 5.41) is 10.6. The van der Waals surface area contributed by atoms with Crippen molar-refractivity contribution in [1.82, 2.24) is 9.80 Å². The molecule has 0 N–H and O–H groups in total. The van der Waals surface area contributed by atoms with Crippen LogP contribution in [0.4, 0.5) is 10.5 Å². The van der Waals surface area contributed by atoms with Crippen LogP contribution in [0.15, 0.2) is 24.3 Å². The summed E-state index contributed by atoms with van der Waals surface area (Å²) in [6, 6.07) is 4.88. The van der Waals surface area contributed by atoms with Crippen molar-refractivity contribution in [3.8, 4) is 0 Å². The van der Waals surface area contributed by atoms with Crippen LogP contribution >= 0.6 is 0 Å². The number of Topliss-reactive ketones (excluding diaryl/α,β-unsaturated/α-hetero) is 1. The molecule has 1 aromatic rings. The molecule has 1 fully saturated rings. The van der Waals surface area contributed by atoms with Crippen LogP contribution in [0.25, 0.3) is 0 Å². The van der Waals surface area contributed by atoms with E-state index < -0.39 is 28.3 Å². The van der Waals surface area contributed by atoms with E-state index >= 15 is 0 Å². The van der Waals surface area contributed by atoms with Crippen molar-refractivity contribution < 1.29 is 24.0 Å². The molecule has 1 aliphatic heterocycles. The highest BCUT2D eigenvalue weighted by molar-refractivity contribution is 6.42. The third-order valence-electron chi connectivity index (χ3n) is 3.75. The van der Waals surface area contributed by atoms with Gasteiger partial charge in [-0.2, -0.15) is 0 Å². The quantitative estimate of drug-likeness (QED) is 0.351. The highest BCUT2D eigenvalue weighted by Crippen LogP contribution is 2.15. The summed E-state index contributed by atoms with van der Waals surface area (Å²) in [6.45, 7) is 6.30. The number of ketones is 1. The first-order valence-electron chi connectivity index (χ1n) is 8.14. The molecular weight excluding hydrogens is 342 g/mol. The zero-order valence-corrected chi connectivity index (χ0v) is 14.9. The number of carbonyl (C=O) groups is 3. The maximum Gasteiger partial charge on any atom is 0.410 e. The van der Waals surface area contributed by atoms with Crippen molar-refractivity contribution in [2.45, 2.75) is 26.4 Å². The average molecular weight is 363 g/mol. The minimum Gasteiger partial charge on any atom is -0.444 e. The highest BCUT2D eigenvalue weighted by atomic mass is 16.6. The molecule has 2 amide bonds. The molecule has 0 bridgehead atoms. The minimum absolute atomic E-state index is 0.0928. The molecule has 2 rings (SSSR count). The third kappa shape index (κ3) is 4.78. The van der Waals surface area contributed by atoms with Gasteiger partial charge in [-0.3, -0.25) is 19.7 Å². The van der Waals surface area contributed by atoms with Crippen molar-refractivity contribution in [3.05, 3.63) is 39.9 Å². The highest BCUT2D eigenvalue weighted by Gasteiger charge is 2.30. The van der Waals surface area contributed by atoms with Gasteiger partial charge in [-0.25, -0.2) is 4.79 Å². The van der Waals surface area contributed by atoms with E-state index in [4.69, 9.17) is 4.74 Å². The normalized spacial score (nSPS) is 14.7. The van der Waals surface area contributed by atoms with Crippen molar-refractivity contribution in [3.63, 3.8) is 0 Å². The minimum atomic E-state index is -0.731. The first-order valence-corrected chi connectivity index (χ1v) is 8.14. The summed E-state index contributed by atoms with van der Waals surface area (Å²) in [7, 11) is 0. The van der Waals surface area contributed by atoms with E-state index in [0.717, 1.165) is 0 Å². The molecule has 0 radical (unpaired) electrons. The monoisotopic (exact) mass is 363 g/mol. The van der Waals surface area contributed by atoms with Crippen LogP contribution in [0, 0.1) is 10.1 Å². The van der Waals surface area contributed by atoms with Gasteiger partial charge in [0.2, 0.25) is 5.78 Å². The third-order valence-corrected chi connectivity index (χ3v) is 3.75. The number of non-ortho nitro benzene ring substituents is 1. The van der Waals surface area contributed by atoms with Crippen LogP contribution in [-0.2, 0) is 9.53 Å². The van der Waals surface area contributed by atoms with Crippen LogP contribution < -0.4 is 0 Å². The maximum absolute atomic E-state index is 12.3. The Hall–Kier alpha value is -2.97. The van der Waals surface area contributed by atoms with Gasteiger partial charge in [0.15, 0.2) is 0 Å². The smallest absolute Gasteiger partial charge is 0.410 e. The zero-order valence-electron chi connectivity index (χ0n) is 14.9. The first-order chi connectivity index (χ1) is 12.1. The number of amides is 2. The van der Waals surface area contributed by atoms with Gasteiger partial charge in [0, 0.05) is 43.9 Å². The molecule has 0 aromatic heterocycles. The number of hydrogen-bond donors (Lipinski definition) is 0. The Balaban J connectivity index is 1.94. The van der Waals surface area contributed by atoms with E-state index in [0.29, 0.717) is 0 Å². The first kappa shape index (κ1) is 19.4. The van der Waals surface area contributed by atoms with E-state index in [2.05, 4.69) is 0 Å². The average Bonchev–Trinajstić information content (AvgIpc) is 2.59. The van der Waals surface area contributed by atoms with E-state index in [1.165, 1.54) is 34.1 Å². The van der Waals surface area contributed by atoms with Crippen LogP contribution in [0.5, 0.6) is 0 Å². The summed E-state index contributed by atoms with van der Waals surface area (Å²) in [5.74, 6) is -1.42. The number of carbonyl (C=O) groups excluding carboxylic acids is 3. The number of rotatable bonds is 3. The second-order valence-electron chi connectivity index (χ2n) is 6.89. The van der Waals surface area contributed by atoms with Gasteiger partial charge in [0.25, 0.3) is 11.6 Å². The molecule has 1 aromatic carbocycles. The number of ether oxygens (including phenoxy) is 1. The van der Waals surface area contributed by atoms with Crippen molar-refractivity contribution >= 4 is 23.5 Å². The molecular formula is C17H21N3O6. The predicted octanol–water partition coefficient (Wildman–Crippen LogP) is 1.86. The molecule has 0 unspecified atom stereocenters. The van der Waals surface area contributed by atoms with Crippen LogP contribution in [0.1, 0.15) is 31.1 Å². The van der Waals surface area contributed by atoms with E-state index in [-0.39, 0.29) is 37.4 Å². The summed E-state index contributed by atoms with van der Waals surface area (Å²) < 4.78 is 5.28. The van der Waals surface area contributed by atoms with Gasteiger partial charge in [0.05, 0.1) is 4.92 Å². The number of nitrogens with zero attached hydrogens (tertiary/aromatic N) is 3. The number of benzene rings is 1. The van der Waals surface area contributed by atoms with Gasteiger partial charge in [-0.05, 0) is 32.9 Å². The fourth-order valence-corrected chi connectivity index (χ4v) is 2.42. The number of hydrogen-bond acceptors (Lipinski definition) is 6. The molecule has 0 aliphatic carbocycles. The standard InChI is InChI=1S/C17H21N3O6/c1-17(2,3)26-16(23)19-10-8-18(9-11-19)15(22)14(21)12-4-6-13(7-5-12)20(24)25/h4-7H,8-11H2,1-3H3. The van der Waals surface area contributed by atoms with Crippen molar-refractivity contribution in [1.29, 1.82) is 0 Å². The molecule has 1 saturated heterocycles. The lowest BCUT2D eigenvalue weighted by Crippen LogP contribution is -2.53. The molecule has 9 heteroatoms. The van der Waals surface area contributed by atoms with Gasteiger partial charge in [0.1, 0.15) is 5.60 Å². The molecule has 26 heavy (non-hydrogen) atoms. The van der Waals surface area contributed by atoms with Crippen LogP contribution in [0.3, 0.4) is 0 Å². The fraction of sp³-hybridized carbons (Fsp3) is 0.471. The predicted molar refractivity (Wildman–Crippen MR) is 91.8 cm³/mol. The number of nitro benzene ring substituents is 1. The van der Waals surface area contributed by atoms with E-state index in [1.807, 2.05) is 0 Å². The molecule has 1 aliphatic rings. The zero-order chi connectivity index (χ0) is 19.5. The number of piperazine rings is 1. The topological polar surface area (TPSA) is 110 Å². The van der Waals surface area contributed by atoms with Gasteiger partial charge >= 0.3 is 6.09 Å².